The maximum Gasteiger partial charge on any atom is 0.155 e. The van der Waals surface area contributed by atoms with Crippen molar-refractivity contribution in [2.45, 2.75) is 0 Å². The third kappa shape index (κ3) is 2.50. The van der Waals surface area contributed by atoms with Gasteiger partial charge in [0.05, 0.1) is 20.1 Å². The molecule has 0 bridgehead atoms. The van der Waals surface area contributed by atoms with Gasteiger partial charge in [0.15, 0.2) is 11.5 Å². The van der Waals surface area contributed by atoms with Gasteiger partial charge in [0.1, 0.15) is 10.0 Å². The molecule has 0 aliphatic carbocycles. The van der Waals surface area contributed by atoms with Gasteiger partial charge in [-0.3, -0.25) is 0 Å². The number of aromatic hydroxyl groups is 2. The molecule has 0 amide bonds. The lowest BCUT2D eigenvalue weighted by Gasteiger charge is -2.14. The summed E-state index contributed by atoms with van der Waals surface area (Å²) in [7, 11) is 0. The van der Waals surface area contributed by atoms with E-state index in [-0.39, 0.29) is 47.0 Å². The number of rotatable bonds is 1. The van der Waals surface area contributed by atoms with Crippen LogP contribution < -0.4 is 0 Å². The van der Waals surface area contributed by atoms with Crippen LogP contribution in [0.3, 0.4) is 0 Å². The smallest absolute Gasteiger partial charge is 0.155 e. The van der Waals surface area contributed by atoms with Gasteiger partial charge in [-0.05, 0) is 6.07 Å². The van der Waals surface area contributed by atoms with Crippen molar-refractivity contribution in [3.05, 3.63) is 42.3 Å². The van der Waals surface area contributed by atoms with E-state index in [1.165, 1.54) is 12.1 Å². The maximum atomic E-state index is 9.76. The van der Waals surface area contributed by atoms with Gasteiger partial charge in [0.2, 0.25) is 0 Å². The molecule has 0 aliphatic heterocycles. The molecule has 0 heterocycles. The first kappa shape index (κ1) is 16.2. The van der Waals surface area contributed by atoms with Crippen LogP contribution in [0.1, 0.15) is 0 Å². The molecule has 106 valence electrons. The standard InChI is InChI=1S/C12H4Cl6O2/c13-4-2-1-3(6(14)11(4)19)5-7(15)9(17)12(20)10(18)8(5)16/h1-2,19-20H. The molecule has 0 saturated heterocycles. The van der Waals surface area contributed by atoms with Crippen LogP contribution >= 0.6 is 69.6 Å². The van der Waals surface area contributed by atoms with Crippen molar-refractivity contribution >= 4 is 69.6 Å². The molecule has 2 aromatic rings. The van der Waals surface area contributed by atoms with E-state index in [2.05, 4.69) is 0 Å². The lowest BCUT2D eigenvalue weighted by atomic mass is 10.0. The predicted octanol–water partition coefficient (Wildman–Crippen LogP) is 6.69. The Labute approximate surface area is 144 Å². The molecule has 0 aliphatic rings. The molecule has 0 atom stereocenters. The molecule has 2 N–H and O–H groups in total. The fraction of sp³-hybridized carbons (Fsp3) is 0. The Morgan fingerprint density at radius 3 is 1.60 bits per heavy atom. The molecule has 0 fully saturated rings. The Morgan fingerprint density at radius 2 is 1.10 bits per heavy atom. The molecular weight excluding hydrogens is 389 g/mol. The highest BCUT2D eigenvalue weighted by Crippen LogP contribution is 2.52. The van der Waals surface area contributed by atoms with Crippen molar-refractivity contribution in [1.82, 2.24) is 0 Å². The number of hydrogen-bond donors (Lipinski definition) is 2. The summed E-state index contributed by atoms with van der Waals surface area (Å²) in [5.74, 6) is -0.750. The van der Waals surface area contributed by atoms with Crippen LogP contribution in [-0.4, -0.2) is 10.2 Å². The summed E-state index contributed by atoms with van der Waals surface area (Å²) >= 11 is 35.7. The molecule has 0 unspecified atom stereocenters. The maximum absolute atomic E-state index is 9.76. The van der Waals surface area contributed by atoms with Crippen LogP contribution in [0, 0.1) is 0 Å². The highest BCUT2D eigenvalue weighted by molar-refractivity contribution is 6.52. The average molecular weight is 393 g/mol. The fourth-order valence-electron chi connectivity index (χ4n) is 1.59. The number of hydrogen-bond acceptors (Lipinski definition) is 2. The summed E-state index contributed by atoms with van der Waals surface area (Å²) in [6.45, 7) is 0. The minimum absolute atomic E-state index is 0.0396. The Hall–Kier alpha value is -0.220. The Morgan fingerprint density at radius 1 is 0.600 bits per heavy atom. The summed E-state index contributed by atoms with van der Waals surface area (Å²) in [4.78, 5) is 0. The Bertz CT molecular complexity index is 685. The van der Waals surface area contributed by atoms with Gasteiger partial charge in [0.25, 0.3) is 0 Å². The lowest BCUT2D eigenvalue weighted by Crippen LogP contribution is -1.88. The second kappa shape index (κ2) is 5.88. The zero-order valence-corrected chi connectivity index (χ0v) is 13.9. The van der Waals surface area contributed by atoms with E-state index >= 15 is 0 Å². The van der Waals surface area contributed by atoms with Crippen molar-refractivity contribution in [2.24, 2.45) is 0 Å². The van der Waals surface area contributed by atoms with Gasteiger partial charge >= 0.3 is 0 Å². The van der Waals surface area contributed by atoms with Crippen molar-refractivity contribution in [3.63, 3.8) is 0 Å². The third-order valence-corrected chi connectivity index (χ3v) is 4.95. The number of phenolic OH excluding ortho intramolecular Hbond substituents is 2. The van der Waals surface area contributed by atoms with Crippen molar-refractivity contribution in [2.75, 3.05) is 0 Å². The average Bonchev–Trinajstić information content (AvgIpc) is 2.43. The molecule has 0 aromatic heterocycles. The Balaban J connectivity index is 2.87. The molecule has 0 spiro atoms. The van der Waals surface area contributed by atoms with Crippen LogP contribution in [0.4, 0.5) is 0 Å². The third-order valence-electron chi connectivity index (χ3n) is 2.58. The van der Waals surface area contributed by atoms with E-state index in [9.17, 15) is 10.2 Å². The van der Waals surface area contributed by atoms with Crippen molar-refractivity contribution in [3.8, 4) is 22.6 Å². The van der Waals surface area contributed by atoms with E-state index < -0.39 is 5.75 Å². The molecule has 2 nitrogen and oxygen atoms in total. The van der Waals surface area contributed by atoms with Gasteiger partial charge in [0, 0.05) is 11.1 Å². The summed E-state index contributed by atoms with van der Waals surface area (Å²) in [5, 5.41) is 19.0. The molecule has 2 rings (SSSR count). The Kier molecular flexibility index (Phi) is 4.75. The second-order valence-corrected chi connectivity index (χ2v) is 6.03. The van der Waals surface area contributed by atoms with Gasteiger partial charge in [-0.2, -0.15) is 0 Å². The van der Waals surface area contributed by atoms with E-state index in [0.717, 1.165) is 0 Å². The number of benzene rings is 2. The van der Waals surface area contributed by atoms with Crippen LogP contribution in [-0.2, 0) is 0 Å². The van der Waals surface area contributed by atoms with E-state index in [4.69, 9.17) is 69.6 Å². The van der Waals surface area contributed by atoms with E-state index in [1.54, 1.807) is 0 Å². The summed E-state index contributed by atoms with van der Waals surface area (Å²) in [5.41, 5.74) is 0.477. The quantitative estimate of drug-likeness (QED) is 0.531. The number of phenols is 2. The zero-order valence-electron chi connectivity index (χ0n) is 9.32. The monoisotopic (exact) mass is 390 g/mol. The first-order valence-corrected chi connectivity index (χ1v) is 7.26. The van der Waals surface area contributed by atoms with Gasteiger partial charge in [-0.15, -0.1) is 0 Å². The lowest BCUT2D eigenvalue weighted by molar-refractivity contribution is 0.476. The molecule has 0 radical (unpaired) electrons. The van der Waals surface area contributed by atoms with Crippen molar-refractivity contribution in [1.29, 1.82) is 0 Å². The number of halogens is 6. The minimum atomic E-state index is -0.429. The largest absolute Gasteiger partial charge is 0.505 e. The minimum Gasteiger partial charge on any atom is -0.505 e. The molecule has 20 heavy (non-hydrogen) atoms. The van der Waals surface area contributed by atoms with Crippen LogP contribution in [0.2, 0.25) is 30.1 Å². The van der Waals surface area contributed by atoms with E-state index in [1.807, 2.05) is 0 Å². The van der Waals surface area contributed by atoms with Crippen LogP contribution in [0.15, 0.2) is 12.1 Å². The van der Waals surface area contributed by atoms with Gasteiger partial charge in [-0.1, -0.05) is 75.7 Å². The molecule has 8 heteroatoms. The summed E-state index contributed by atoms with van der Waals surface area (Å²) in [6, 6.07) is 2.92. The molecule has 0 saturated carbocycles. The topological polar surface area (TPSA) is 40.5 Å². The first-order valence-electron chi connectivity index (χ1n) is 4.99. The molecular formula is C12H4Cl6O2. The fourth-order valence-corrected chi connectivity index (χ4v) is 3.10. The predicted molar refractivity (Wildman–Crippen MR) is 85.3 cm³/mol. The SMILES string of the molecule is Oc1c(Cl)ccc(-c2c(Cl)c(Cl)c(O)c(Cl)c2Cl)c1Cl. The van der Waals surface area contributed by atoms with Crippen LogP contribution in [0.25, 0.3) is 11.1 Å². The first-order chi connectivity index (χ1) is 9.27. The second-order valence-electron chi connectivity index (χ2n) is 3.74. The highest BCUT2D eigenvalue weighted by Gasteiger charge is 2.23. The van der Waals surface area contributed by atoms with Crippen LogP contribution in [0.5, 0.6) is 11.5 Å². The van der Waals surface area contributed by atoms with E-state index in [0.29, 0.717) is 0 Å². The molecule has 2 aromatic carbocycles. The summed E-state index contributed by atoms with van der Waals surface area (Å²) < 4.78 is 0. The van der Waals surface area contributed by atoms with Crippen molar-refractivity contribution < 1.29 is 10.2 Å². The van der Waals surface area contributed by atoms with Gasteiger partial charge in [-0.25, -0.2) is 0 Å². The normalized spacial score (nSPS) is 10.9. The summed E-state index contributed by atoms with van der Waals surface area (Å²) in [6.07, 6.45) is 0. The highest BCUT2D eigenvalue weighted by atomic mass is 35.5. The van der Waals surface area contributed by atoms with Gasteiger partial charge < -0.3 is 10.2 Å². The zero-order chi connectivity index (χ0) is 15.2.